The minimum absolute atomic E-state index is 0.242. The maximum atomic E-state index is 12.4. The van der Waals surface area contributed by atoms with Gasteiger partial charge < -0.3 is 14.2 Å². The number of unbranched alkanes of at least 4 members (excludes halogenated alkanes) is 1. The van der Waals surface area contributed by atoms with Gasteiger partial charge in [0.2, 0.25) is 0 Å². The lowest BCUT2D eigenvalue weighted by Gasteiger charge is -2.17. The predicted octanol–water partition coefficient (Wildman–Crippen LogP) is 3.86. The summed E-state index contributed by atoms with van der Waals surface area (Å²) in [6.45, 7) is 5.10. The molecule has 1 atom stereocenters. The molecule has 1 rings (SSSR count). The van der Waals surface area contributed by atoms with Gasteiger partial charge in [0.1, 0.15) is 0 Å². The fourth-order valence-corrected chi connectivity index (χ4v) is 2.41. The van der Waals surface area contributed by atoms with Crippen LogP contribution in [0.1, 0.15) is 60.2 Å². The first-order chi connectivity index (χ1) is 11.6. The lowest BCUT2D eigenvalue weighted by atomic mass is 10.00. The molecule has 0 bridgehead atoms. The van der Waals surface area contributed by atoms with E-state index in [-0.39, 0.29) is 23.7 Å². The Morgan fingerprint density at radius 1 is 1.00 bits per heavy atom. The zero-order valence-corrected chi connectivity index (χ0v) is 14.9. The zero-order valence-electron chi connectivity index (χ0n) is 14.9. The second kappa shape index (κ2) is 11.6. The Labute approximate surface area is 144 Å². The summed E-state index contributed by atoms with van der Waals surface area (Å²) in [5, 5.41) is 0. The van der Waals surface area contributed by atoms with Crippen molar-refractivity contribution in [2.45, 2.75) is 39.5 Å². The molecule has 0 fully saturated rings. The van der Waals surface area contributed by atoms with Crippen molar-refractivity contribution in [2.75, 3.05) is 26.9 Å². The molecule has 0 radical (unpaired) electrons. The van der Waals surface area contributed by atoms with Crippen LogP contribution in [0, 0.1) is 5.92 Å². The van der Waals surface area contributed by atoms with Gasteiger partial charge in [-0.25, -0.2) is 9.59 Å². The van der Waals surface area contributed by atoms with Crippen LogP contribution in [0.3, 0.4) is 0 Å². The fraction of sp³-hybridized carbons (Fsp3) is 0.579. The largest absolute Gasteiger partial charge is 0.462 e. The summed E-state index contributed by atoms with van der Waals surface area (Å²) < 4.78 is 15.6. The van der Waals surface area contributed by atoms with Gasteiger partial charge in [-0.3, -0.25) is 0 Å². The molecule has 0 amide bonds. The predicted molar refractivity (Wildman–Crippen MR) is 92.2 cm³/mol. The number of benzene rings is 1. The summed E-state index contributed by atoms with van der Waals surface area (Å²) in [5.41, 5.74) is 0.489. The Hall–Kier alpha value is -1.88. The molecule has 0 aliphatic carbocycles. The number of esters is 2. The van der Waals surface area contributed by atoms with Crippen molar-refractivity contribution in [1.29, 1.82) is 0 Å². The second-order valence-electron chi connectivity index (χ2n) is 5.65. The molecule has 0 N–H and O–H groups in total. The van der Waals surface area contributed by atoms with E-state index in [1.54, 1.807) is 38.3 Å². The lowest BCUT2D eigenvalue weighted by Crippen LogP contribution is -2.18. The van der Waals surface area contributed by atoms with Gasteiger partial charge >= 0.3 is 11.9 Å². The average molecular weight is 336 g/mol. The molecule has 1 aromatic carbocycles. The lowest BCUT2D eigenvalue weighted by molar-refractivity contribution is 0.0385. The van der Waals surface area contributed by atoms with Crippen LogP contribution < -0.4 is 0 Å². The Morgan fingerprint density at radius 3 is 2.17 bits per heavy atom. The van der Waals surface area contributed by atoms with Gasteiger partial charge in [-0.2, -0.15) is 0 Å². The highest BCUT2D eigenvalue weighted by Gasteiger charge is 2.20. The van der Waals surface area contributed by atoms with Crippen LogP contribution >= 0.6 is 0 Å². The number of methoxy groups -OCH3 is 1. The van der Waals surface area contributed by atoms with Crippen LogP contribution in [0.4, 0.5) is 0 Å². The summed E-state index contributed by atoms with van der Waals surface area (Å²) in [7, 11) is 1.67. The molecule has 5 heteroatoms. The van der Waals surface area contributed by atoms with E-state index >= 15 is 0 Å². The van der Waals surface area contributed by atoms with Crippen molar-refractivity contribution < 1.29 is 23.8 Å². The van der Waals surface area contributed by atoms with Gasteiger partial charge in [-0.15, -0.1) is 0 Å². The van der Waals surface area contributed by atoms with Crippen molar-refractivity contribution in [2.24, 2.45) is 5.92 Å². The normalized spacial score (nSPS) is 11.8. The van der Waals surface area contributed by atoms with Gasteiger partial charge in [-0.05, 0) is 37.8 Å². The highest BCUT2D eigenvalue weighted by atomic mass is 16.5. The quantitative estimate of drug-likeness (QED) is 0.574. The molecule has 0 aromatic heterocycles. The van der Waals surface area contributed by atoms with E-state index in [1.807, 2.05) is 0 Å². The summed E-state index contributed by atoms with van der Waals surface area (Å²) in [4.78, 5) is 24.3. The van der Waals surface area contributed by atoms with Crippen LogP contribution in [-0.4, -0.2) is 38.9 Å². The van der Waals surface area contributed by atoms with Crippen LogP contribution in [0.5, 0.6) is 0 Å². The Morgan fingerprint density at radius 2 is 1.62 bits per heavy atom. The third-order valence-electron chi connectivity index (χ3n) is 3.79. The molecule has 134 valence electrons. The molecule has 0 saturated heterocycles. The number of carbonyl (C=O) groups excluding carboxylic acids is 2. The SMILES string of the molecule is CCCCC(CCOC)COC(=O)c1ccccc1C(=O)OCC. The van der Waals surface area contributed by atoms with Crippen LogP contribution in [0.2, 0.25) is 0 Å². The van der Waals surface area contributed by atoms with Crippen molar-refractivity contribution >= 4 is 11.9 Å². The molecule has 0 aliphatic rings. The molecule has 0 spiro atoms. The number of hydrogen-bond donors (Lipinski definition) is 0. The van der Waals surface area contributed by atoms with E-state index in [1.165, 1.54) is 0 Å². The molecule has 1 aromatic rings. The first-order valence-electron chi connectivity index (χ1n) is 8.56. The summed E-state index contributed by atoms with van der Waals surface area (Å²) in [5.74, 6) is -0.729. The molecule has 1 unspecified atom stereocenters. The third-order valence-corrected chi connectivity index (χ3v) is 3.79. The Kier molecular flexibility index (Phi) is 9.77. The van der Waals surface area contributed by atoms with Gasteiger partial charge in [0.05, 0.1) is 24.3 Å². The molecule has 0 saturated carbocycles. The van der Waals surface area contributed by atoms with Gasteiger partial charge in [0, 0.05) is 13.7 Å². The maximum absolute atomic E-state index is 12.4. The van der Waals surface area contributed by atoms with Crippen LogP contribution in [0.25, 0.3) is 0 Å². The maximum Gasteiger partial charge on any atom is 0.339 e. The topological polar surface area (TPSA) is 61.8 Å². The first kappa shape index (κ1) is 20.2. The van der Waals surface area contributed by atoms with Gasteiger partial charge in [0.15, 0.2) is 0 Å². The van der Waals surface area contributed by atoms with E-state index < -0.39 is 11.9 Å². The number of rotatable bonds is 11. The number of ether oxygens (including phenoxy) is 3. The van der Waals surface area contributed by atoms with Crippen molar-refractivity contribution in [3.05, 3.63) is 35.4 Å². The highest BCUT2D eigenvalue weighted by Crippen LogP contribution is 2.16. The van der Waals surface area contributed by atoms with Crippen LogP contribution in [-0.2, 0) is 14.2 Å². The Bertz CT molecular complexity index is 504. The minimum atomic E-state index is -0.507. The first-order valence-corrected chi connectivity index (χ1v) is 8.56. The zero-order chi connectivity index (χ0) is 17.8. The molecular weight excluding hydrogens is 308 g/mol. The van der Waals surface area contributed by atoms with Crippen molar-refractivity contribution in [3.8, 4) is 0 Å². The van der Waals surface area contributed by atoms with Gasteiger partial charge in [0.25, 0.3) is 0 Å². The summed E-state index contributed by atoms with van der Waals surface area (Å²) in [6.07, 6.45) is 4.03. The molecule has 0 aliphatic heterocycles. The highest BCUT2D eigenvalue weighted by molar-refractivity contribution is 6.03. The van der Waals surface area contributed by atoms with Crippen molar-refractivity contribution in [3.63, 3.8) is 0 Å². The van der Waals surface area contributed by atoms with Gasteiger partial charge in [-0.1, -0.05) is 31.9 Å². The smallest absolute Gasteiger partial charge is 0.339 e. The average Bonchev–Trinajstić information content (AvgIpc) is 2.61. The number of carbonyl (C=O) groups is 2. The monoisotopic (exact) mass is 336 g/mol. The molecule has 5 nitrogen and oxygen atoms in total. The second-order valence-corrected chi connectivity index (χ2v) is 5.65. The molecular formula is C19H28O5. The molecule has 24 heavy (non-hydrogen) atoms. The van der Waals surface area contributed by atoms with Crippen LogP contribution in [0.15, 0.2) is 24.3 Å². The van der Waals surface area contributed by atoms with E-state index in [0.29, 0.717) is 13.2 Å². The third kappa shape index (κ3) is 6.71. The van der Waals surface area contributed by atoms with Crippen molar-refractivity contribution in [1.82, 2.24) is 0 Å². The fourth-order valence-electron chi connectivity index (χ4n) is 2.41. The van der Waals surface area contributed by atoms with E-state index in [4.69, 9.17) is 14.2 Å². The molecule has 0 heterocycles. The standard InChI is InChI=1S/C19H28O5/c1-4-6-9-15(12-13-22-3)14-24-19(21)17-11-8-7-10-16(17)18(20)23-5-2/h7-8,10-11,15H,4-6,9,12-14H2,1-3H3. The summed E-state index contributed by atoms with van der Waals surface area (Å²) >= 11 is 0. The van der Waals surface area contributed by atoms with E-state index in [0.717, 1.165) is 25.7 Å². The summed E-state index contributed by atoms with van der Waals surface area (Å²) in [6, 6.07) is 6.57. The number of hydrogen-bond acceptors (Lipinski definition) is 5. The van der Waals surface area contributed by atoms with E-state index in [2.05, 4.69) is 6.92 Å². The minimum Gasteiger partial charge on any atom is -0.462 e. The Balaban J connectivity index is 2.70. The van der Waals surface area contributed by atoms with E-state index in [9.17, 15) is 9.59 Å².